The summed E-state index contributed by atoms with van der Waals surface area (Å²) in [6, 6.07) is 18.4. The number of rotatable bonds is 28. The molecule has 0 saturated carbocycles. The fourth-order valence-corrected chi connectivity index (χ4v) is 8.26. The molecule has 1 atom stereocenters. The number of esters is 1. The molecule has 312 valence electrons. The van der Waals surface area contributed by atoms with Crippen LogP contribution in [0.3, 0.4) is 0 Å². The van der Waals surface area contributed by atoms with Crippen LogP contribution in [0.25, 0.3) is 17.1 Å². The van der Waals surface area contributed by atoms with Crippen LogP contribution in [0.4, 0.5) is 5.69 Å². The Labute approximate surface area is 345 Å². The van der Waals surface area contributed by atoms with Crippen molar-refractivity contribution in [2.24, 2.45) is 0 Å². The zero-order valence-corrected chi connectivity index (χ0v) is 35.1. The van der Waals surface area contributed by atoms with Gasteiger partial charge in [0.2, 0.25) is 0 Å². The molecule has 1 N–H and O–H groups in total. The molecule has 0 amide bonds. The van der Waals surface area contributed by atoms with Crippen LogP contribution in [-0.4, -0.2) is 47.8 Å². The van der Waals surface area contributed by atoms with Crippen molar-refractivity contribution in [2.45, 2.75) is 142 Å². The van der Waals surface area contributed by atoms with E-state index in [0.29, 0.717) is 31.6 Å². The summed E-state index contributed by atoms with van der Waals surface area (Å²) in [6.07, 6.45) is 22.6. The van der Waals surface area contributed by atoms with Crippen LogP contribution >= 0.6 is 0 Å². The Bertz CT molecular complexity index is 1920. The van der Waals surface area contributed by atoms with E-state index >= 15 is 0 Å². The maximum Gasteiger partial charge on any atom is 0.307 e. The van der Waals surface area contributed by atoms with Crippen molar-refractivity contribution in [3.05, 3.63) is 89.4 Å². The van der Waals surface area contributed by atoms with Crippen molar-refractivity contribution in [2.75, 3.05) is 24.7 Å². The summed E-state index contributed by atoms with van der Waals surface area (Å²) in [7, 11) is 0. The lowest BCUT2D eigenvalue weighted by Crippen LogP contribution is -2.36. The molecule has 10 heteroatoms. The molecule has 0 saturated heterocycles. The molecule has 1 aliphatic rings. The van der Waals surface area contributed by atoms with Gasteiger partial charge in [0.15, 0.2) is 11.0 Å². The molecule has 0 radical (unpaired) electrons. The van der Waals surface area contributed by atoms with E-state index in [1.807, 2.05) is 53.5 Å². The number of fused-ring (bicyclic) bond motifs is 2. The monoisotopic (exact) mass is 793 g/mol. The fraction of sp³-hybridized carbons (Fsp3) is 0.521. The molecule has 0 spiro atoms. The van der Waals surface area contributed by atoms with Gasteiger partial charge in [0.25, 0.3) is 12.3 Å². The minimum atomic E-state index is -0.909. The highest BCUT2D eigenvalue weighted by Gasteiger charge is 2.48. The highest BCUT2D eigenvalue weighted by Crippen LogP contribution is 2.53. The Morgan fingerprint density at radius 1 is 0.862 bits per heavy atom. The van der Waals surface area contributed by atoms with Gasteiger partial charge in [-0.15, -0.1) is 0 Å². The minimum Gasteiger partial charge on any atom is -0.481 e. The summed E-state index contributed by atoms with van der Waals surface area (Å²) in [5.74, 6) is -0.320. The largest absolute Gasteiger partial charge is 0.481 e. The van der Waals surface area contributed by atoms with Gasteiger partial charge in [-0.25, -0.2) is 9.13 Å². The lowest BCUT2D eigenvalue weighted by Gasteiger charge is -2.33. The number of para-hydroxylation sites is 3. The SMILES string of the molecule is CCCCCCCCCCCCC1(CC(=O)OCCCC)\C(=C/C=C(C#N)/C=C/c2n(CCOC=O)c3ccccc3[n+]2CCC)N(CCC(=O)O)c2ccccc21. The van der Waals surface area contributed by atoms with Crippen LogP contribution in [0.1, 0.15) is 135 Å². The number of aromatic nitrogens is 2. The van der Waals surface area contributed by atoms with Crippen LogP contribution in [0, 0.1) is 11.3 Å². The predicted octanol–water partition coefficient (Wildman–Crippen LogP) is 10.1. The van der Waals surface area contributed by atoms with Crippen molar-refractivity contribution in [1.82, 2.24) is 4.57 Å². The highest BCUT2D eigenvalue weighted by molar-refractivity contribution is 5.80. The summed E-state index contributed by atoms with van der Waals surface area (Å²) in [5.41, 5.74) is 4.34. The Kier molecular flexibility index (Phi) is 19.3. The van der Waals surface area contributed by atoms with Gasteiger partial charge >= 0.3 is 11.9 Å². The molecule has 1 aromatic heterocycles. The third-order valence-electron chi connectivity index (χ3n) is 11.1. The number of benzene rings is 2. The van der Waals surface area contributed by atoms with Gasteiger partial charge in [0.05, 0.1) is 37.6 Å². The lowest BCUT2D eigenvalue weighted by molar-refractivity contribution is -0.674. The molecule has 3 aromatic rings. The fourth-order valence-electron chi connectivity index (χ4n) is 8.26. The average molecular weight is 794 g/mol. The number of nitrogens with zero attached hydrogens (tertiary/aromatic N) is 4. The molecular formula is C48H65N4O6+. The van der Waals surface area contributed by atoms with E-state index in [2.05, 4.69) is 48.1 Å². The number of carbonyl (C=O) groups excluding carboxylic acids is 2. The van der Waals surface area contributed by atoms with Crippen LogP contribution < -0.4 is 9.47 Å². The van der Waals surface area contributed by atoms with E-state index < -0.39 is 11.4 Å². The van der Waals surface area contributed by atoms with Crippen molar-refractivity contribution in [3.63, 3.8) is 0 Å². The summed E-state index contributed by atoms with van der Waals surface area (Å²) >= 11 is 0. The van der Waals surface area contributed by atoms with Crippen molar-refractivity contribution >= 4 is 41.2 Å². The standard InChI is InChI=1S/C48H64N4O6/c1-4-7-9-10-11-12-13-14-15-20-30-48(36-47(56)58-34-8-5-2)40-21-16-17-22-41(40)50(32-29-46(54)55)44(48)27-25-39(37-49)26-28-45-51(31-6-3)42-23-18-19-24-43(42)52(45)33-35-57-38-53/h16-19,21-28,38H,4-15,20,29-36H2,1-3H3/p+1. The zero-order chi connectivity index (χ0) is 41.6. The normalized spacial score (nSPS) is 15.9. The second-order valence-electron chi connectivity index (χ2n) is 15.3. The quantitative estimate of drug-likeness (QED) is 0.0192. The molecule has 58 heavy (non-hydrogen) atoms. The number of ether oxygens (including phenoxy) is 2. The molecule has 0 fully saturated rings. The first kappa shape index (κ1) is 45.5. The van der Waals surface area contributed by atoms with E-state index in [9.17, 15) is 24.8 Å². The van der Waals surface area contributed by atoms with Gasteiger partial charge in [-0.05, 0) is 61.3 Å². The molecule has 1 aliphatic heterocycles. The molecule has 1 unspecified atom stereocenters. The number of hydrogen-bond acceptors (Lipinski definition) is 7. The number of anilines is 1. The summed E-state index contributed by atoms with van der Waals surface area (Å²) in [4.78, 5) is 38.8. The van der Waals surface area contributed by atoms with Crippen LogP contribution in [0.15, 0.2) is 78.0 Å². The maximum atomic E-state index is 13.8. The summed E-state index contributed by atoms with van der Waals surface area (Å²) in [6.45, 7) is 8.84. The Morgan fingerprint density at radius 2 is 1.55 bits per heavy atom. The second-order valence-corrected chi connectivity index (χ2v) is 15.3. The van der Waals surface area contributed by atoms with E-state index in [-0.39, 0.29) is 32.0 Å². The smallest absolute Gasteiger partial charge is 0.307 e. The number of nitriles is 1. The van der Waals surface area contributed by atoms with Crippen molar-refractivity contribution in [3.8, 4) is 6.07 Å². The molecule has 0 aliphatic carbocycles. The average Bonchev–Trinajstić information content (AvgIpc) is 3.66. The van der Waals surface area contributed by atoms with Gasteiger partial charge in [-0.3, -0.25) is 14.4 Å². The highest BCUT2D eigenvalue weighted by atomic mass is 16.5. The summed E-state index contributed by atoms with van der Waals surface area (Å²) in [5, 5.41) is 20.3. The number of carboxylic acids is 1. The van der Waals surface area contributed by atoms with Gasteiger partial charge in [-0.2, -0.15) is 5.26 Å². The van der Waals surface area contributed by atoms with E-state index in [1.54, 1.807) is 12.2 Å². The number of carbonyl (C=O) groups is 3. The molecule has 0 bridgehead atoms. The number of carboxylic acid groups (broad SMARTS) is 1. The number of allylic oxidation sites excluding steroid dienone is 5. The molecule has 4 rings (SSSR count). The third-order valence-corrected chi connectivity index (χ3v) is 11.1. The maximum absolute atomic E-state index is 13.8. The van der Waals surface area contributed by atoms with Gasteiger partial charge in [0, 0.05) is 29.4 Å². The van der Waals surface area contributed by atoms with Crippen molar-refractivity contribution in [1.29, 1.82) is 5.26 Å². The molecule has 10 nitrogen and oxygen atoms in total. The van der Waals surface area contributed by atoms with Gasteiger partial charge in [0.1, 0.15) is 13.2 Å². The topological polar surface area (TPSA) is 126 Å². The summed E-state index contributed by atoms with van der Waals surface area (Å²) < 4.78 is 15.2. The predicted molar refractivity (Wildman–Crippen MR) is 230 cm³/mol. The van der Waals surface area contributed by atoms with Gasteiger partial charge < -0.3 is 19.5 Å². The van der Waals surface area contributed by atoms with E-state index in [0.717, 1.165) is 78.9 Å². The third kappa shape index (κ3) is 12.4. The van der Waals surface area contributed by atoms with Crippen LogP contribution in [-0.2, 0) is 42.4 Å². The first-order valence-electron chi connectivity index (χ1n) is 21.7. The second kappa shape index (κ2) is 24.6. The van der Waals surface area contributed by atoms with E-state index in [1.165, 1.54) is 44.9 Å². The minimum absolute atomic E-state index is 0.0918. The van der Waals surface area contributed by atoms with Crippen LogP contribution in [0.5, 0.6) is 0 Å². The first-order valence-corrected chi connectivity index (χ1v) is 21.7. The number of aryl methyl sites for hydroxylation is 1. The number of hydrogen-bond donors (Lipinski definition) is 1. The first-order chi connectivity index (χ1) is 28.3. The Morgan fingerprint density at radius 3 is 2.24 bits per heavy atom. The number of imidazole rings is 1. The zero-order valence-electron chi connectivity index (χ0n) is 35.1. The van der Waals surface area contributed by atoms with Crippen molar-refractivity contribution < 1.29 is 33.5 Å². The number of unbranched alkanes of at least 4 members (excludes halogenated alkanes) is 10. The molecule has 2 heterocycles. The Balaban J connectivity index is 1.76. The number of aliphatic carboxylic acids is 1. The van der Waals surface area contributed by atoms with Gasteiger partial charge in [-0.1, -0.05) is 122 Å². The van der Waals surface area contributed by atoms with E-state index in [4.69, 9.17) is 9.47 Å². The Hall–Kier alpha value is -5.17. The molecule has 2 aromatic carbocycles. The lowest BCUT2D eigenvalue weighted by atomic mass is 9.72. The van der Waals surface area contributed by atoms with Crippen LogP contribution in [0.2, 0.25) is 0 Å². The molecular weight excluding hydrogens is 729 g/mol.